The lowest BCUT2D eigenvalue weighted by atomic mass is 9.98. The Morgan fingerprint density at radius 3 is 2.42 bits per heavy atom. The van der Waals surface area contributed by atoms with E-state index in [9.17, 15) is 4.79 Å². The highest BCUT2D eigenvalue weighted by Gasteiger charge is 2.39. The van der Waals surface area contributed by atoms with Crippen LogP contribution in [0, 0.1) is 11.8 Å². The van der Waals surface area contributed by atoms with Crippen molar-refractivity contribution in [3.8, 4) is 0 Å². The summed E-state index contributed by atoms with van der Waals surface area (Å²) in [6.45, 7) is 11.8. The van der Waals surface area contributed by atoms with Gasteiger partial charge in [0.05, 0.1) is 12.2 Å². The van der Waals surface area contributed by atoms with Gasteiger partial charge in [0, 0.05) is 6.54 Å². The van der Waals surface area contributed by atoms with Gasteiger partial charge in [-0.05, 0) is 24.7 Å². The lowest BCUT2D eigenvalue weighted by Crippen LogP contribution is -2.39. The first-order valence-corrected chi connectivity index (χ1v) is 8.11. The van der Waals surface area contributed by atoms with Gasteiger partial charge in [-0.2, -0.15) is 0 Å². The van der Waals surface area contributed by atoms with Crippen LogP contribution in [0.25, 0.3) is 0 Å². The molecule has 0 aromatic carbocycles. The maximum atomic E-state index is 12.5. The maximum Gasteiger partial charge on any atom is 0.241 e. The minimum absolute atomic E-state index is 0.0219. The Hall–Kier alpha value is -0.570. The van der Waals surface area contributed by atoms with E-state index in [4.69, 9.17) is 0 Å². The zero-order valence-corrected chi connectivity index (χ0v) is 13.4. The van der Waals surface area contributed by atoms with Crippen molar-refractivity contribution in [3.05, 3.63) is 0 Å². The normalized spacial score (nSPS) is 25.4. The SMILES string of the molecule is CCCCC(CC)CN1C(=O)C(C(C)C)NC1CC. The second kappa shape index (κ2) is 7.88. The Bertz CT molecular complexity index is 278. The first kappa shape index (κ1) is 16.5. The minimum atomic E-state index is 0.0219. The summed E-state index contributed by atoms with van der Waals surface area (Å²) in [5, 5.41) is 3.50. The van der Waals surface area contributed by atoms with Crippen LogP contribution in [0.4, 0.5) is 0 Å². The first-order valence-electron chi connectivity index (χ1n) is 8.11. The molecule has 1 N–H and O–H groups in total. The molecule has 1 aliphatic heterocycles. The fourth-order valence-corrected chi connectivity index (χ4v) is 2.93. The topological polar surface area (TPSA) is 32.3 Å². The lowest BCUT2D eigenvalue weighted by molar-refractivity contribution is -0.131. The summed E-state index contributed by atoms with van der Waals surface area (Å²) in [6.07, 6.45) is 6.19. The monoisotopic (exact) mass is 268 g/mol. The fourth-order valence-electron chi connectivity index (χ4n) is 2.93. The fraction of sp³-hybridized carbons (Fsp3) is 0.938. The zero-order chi connectivity index (χ0) is 14.4. The third-order valence-corrected chi connectivity index (χ3v) is 4.35. The molecule has 0 saturated carbocycles. The molecule has 1 fully saturated rings. The molecule has 0 aromatic rings. The van der Waals surface area contributed by atoms with E-state index < -0.39 is 0 Å². The second-order valence-electron chi connectivity index (χ2n) is 6.22. The quantitative estimate of drug-likeness (QED) is 0.732. The van der Waals surface area contributed by atoms with Gasteiger partial charge >= 0.3 is 0 Å². The molecule has 1 amide bonds. The standard InChI is InChI=1S/C16H32N2O/c1-6-9-10-13(7-2)11-18-14(8-3)17-15(12(4)5)16(18)19/h12-15,17H,6-11H2,1-5H3. The van der Waals surface area contributed by atoms with E-state index in [1.807, 2.05) is 0 Å². The summed E-state index contributed by atoms with van der Waals surface area (Å²) in [4.78, 5) is 14.6. The van der Waals surface area contributed by atoms with Crippen LogP contribution in [0.1, 0.15) is 66.7 Å². The van der Waals surface area contributed by atoms with Crippen LogP contribution in [-0.4, -0.2) is 29.6 Å². The zero-order valence-electron chi connectivity index (χ0n) is 13.4. The number of hydrogen-bond donors (Lipinski definition) is 1. The summed E-state index contributed by atoms with van der Waals surface area (Å²) >= 11 is 0. The van der Waals surface area contributed by atoms with Gasteiger partial charge in [0.25, 0.3) is 0 Å². The Morgan fingerprint density at radius 1 is 1.26 bits per heavy atom. The van der Waals surface area contributed by atoms with Crippen LogP contribution < -0.4 is 5.32 Å². The van der Waals surface area contributed by atoms with Crippen LogP contribution in [-0.2, 0) is 4.79 Å². The van der Waals surface area contributed by atoms with Gasteiger partial charge in [-0.25, -0.2) is 0 Å². The van der Waals surface area contributed by atoms with E-state index in [-0.39, 0.29) is 12.2 Å². The highest BCUT2D eigenvalue weighted by Crippen LogP contribution is 2.23. The summed E-state index contributed by atoms with van der Waals surface area (Å²) in [5.41, 5.74) is 0. The third-order valence-electron chi connectivity index (χ3n) is 4.35. The highest BCUT2D eigenvalue weighted by atomic mass is 16.2. The second-order valence-corrected chi connectivity index (χ2v) is 6.22. The molecule has 1 aliphatic rings. The van der Waals surface area contributed by atoms with Crippen molar-refractivity contribution >= 4 is 5.91 Å². The molecule has 0 aliphatic carbocycles. The molecule has 19 heavy (non-hydrogen) atoms. The smallest absolute Gasteiger partial charge is 0.241 e. The summed E-state index contributed by atoms with van der Waals surface area (Å²) < 4.78 is 0. The molecule has 3 nitrogen and oxygen atoms in total. The first-order chi connectivity index (χ1) is 9.04. The lowest BCUT2D eigenvalue weighted by Gasteiger charge is -2.27. The number of rotatable bonds is 8. The highest BCUT2D eigenvalue weighted by molar-refractivity contribution is 5.84. The van der Waals surface area contributed by atoms with E-state index in [0.717, 1.165) is 13.0 Å². The van der Waals surface area contributed by atoms with Crippen molar-refractivity contribution in [3.63, 3.8) is 0 Å². The maximum absolute atomic E-state index is 12.5. The number of nitrogens with one attached hydrogen (secondary N) is 1. The minimum Gasteiger partial charge on any atom is -0.326 e. The largest absolute Gasteiger partial charge is 0.326 e. The summed E-state index contributed by atoms with van der Waals surface area (Å²) in [6, 6.07) is 0.0219. The molecule has 1 saturated heterocycles. The number of carbonyl (C=O) groups excluding carboxylic acids is 1. The van der Waals surface area contributed by atoms with Crippen LogP contribution in [0.5, 0.6) is 0 Å². The van der Waals surface area contributed by atoms with Crippen molar-refractivity contribution in [1.29, 1.82) is 0 Å². The van der Waals surface area contributed by atoms with Crippen LogP contribution in [0.15, 0.2) is 0 Å². The van der Waals surface area contributed by atoms with E-state index in [1.54, 1.807) is 0 Å². The molecular weight excluding hydrogens is 236 g/mol. The van der Waals surface area contributed by atoms with Gasteiger partial charge in [0.15, 0.2) is 0 Å². The number of carbonyl (C=O) groups is 1. The molecule has 0 radical (unpaired) electrons. The Balaban J connectivity index is 2.65. The molecule has 3 unspecified atom stereocenters. The number of nitrogens with zero attached hydrogens (tertiary/aromatic N) is 1. The molecular formula is C16H32N2O. The predicted octanol–water partition coefficient (Wildman–Crippen LogP) is 3.40. The van der Waals surface area contributed by atoms with Crippen LogP contribution in [0.2, 0.25) is 0 Å². The predicted molar refractivity (Wildman–Crippen MR) is 80.9 cm³/mol. The molecule has 112 valence electrons. The van der Waals surface area contributed by atoms with Crippen molar-refractivity contribution in [2.45, 2.75) is 78.9 Å². The molecule has 3 atom stereocenters. The average molecular weight is 268 g/mol. The van der Waals surface area contributed by atoms with Crippen molar-refractivity contribution in [2.75, 3.05) is 6.54 Å². The van der Waals surface area contributed by atoms with Crippen LogP contribution >= 0.6 is 0 Å². The molecule has 0 bridgehead atoms. The average Bonchev–Trinajstić information content (AvgIpc) is 2.71. The molecule has 1 rings (SSSR count). The van der Waals surface area contributed by atoms with Gasteiger partial charge in [-0.1, -0.05) is 53.9 Å². The Morgan fingerprint density at radius 2 is 1.95 bits per heavy atom. The van der Waals surface area contributed by atoms with E-state index in [1.165, 1.54) is 25.7 Å². The van der Waals surface area contributed by atoms with Crippen molar-refractivity contribution in [2.24, 2.45) is 11.8 Å². The van der Waals surface area contributed by atoms with E-state index >= 15 is 0 Å². The summed E-state index contributed by atoms with van der Waals surface area (Å²) in [7, 11) is 0. The van der Waals surface area contributed by atoms with Crippen molar-refractivity contribution in [1.82, 2.24) is 10.2 Å². The molecule has 0 spiro atoms. The third kappa shape index (κ3) is 4.20. The van der Waals surface area contributed by atoms with Gasteiger partial charge in [0.2, 0.25) is 5.91 Å². The van der Waals surface area contributed by atoms with Gasteiger partial charge in [-0.3, -0.25) is 10.1 Å². The summed E-state index contributed by atoms with van der Waals surface area (Å²) in [5.74, 6) is 1.35. The van der Waals surface area contributed by atoms with Gasteiger partial charge in [0.1, 0.15) is 0 Å². The van der Waals surface area contributed by atoms with Gasteiger partial charge < -0.3 is 4.90 Å². The number of hydrogen-bond acceptors (Lipinski definition) is 2. The van der Waals surface area contributed by atoms with Crippen LogP contribution in [0.3, 0.4) is 0 Å². The van der Waals surface area contributed by atoms with E-state index in [2.05, 4.69) is 44.8 Å². The molecule has 0 aromatic heterocycles. The number of unbranched alkanes of at least 4 members (excludes halogenated alkanes) is 1. The van der Waals surface area contributed by atoms with E-state index in [0.29, 0.717) is 17.7 Å². The van der Waals surface area contributed by atoms with Gasteiger partial charge in [-0.15, -0.1) is 0 Å². The Kier molecular flexibility index (Phi) is 6.84. The molecule has 1 heterocycles. The molecule has 3 heteroatoms. The van der Waals surface area contributed by atoms with Crippen molar-refractivity contribution < 1.29 is 4.79 Å². The number of amides is 1. The Labute approximate surface area is 119 Å².